The smallest absolute Gasteiger partial charge is 0.255 e. The molecule has 1 aromatic heterocycles. The number of rotatable bonds is 6. The van der Waals surface area contributed by atoms with Crippen LogP contribution in [0.4, 0.5) is 5.82 Å². The van der Waals surface area contributed by atoms with E-state index >= 15 is 0 Å². The molecule has 1 amide bonds. The van der Waals surface area contributed by atoms with Crippen molar-refractivity contribution >= 4 is 11.7 Å². The van der Waals surface area contributed by atoms with Gasteiger partial charge < -0.3 is 20.5 Å². The number of ether oxygens (including phenoxy) is 2. The molecule has 0 radical (unpaired) electrons. The normalized spacial score (nSPS) is 10.3. The second-order valence-electron chi connectivity index (χ2n) is 5.99. The van der Waals surface area contributed by atoms with Gasteiger partial charge in [-0.3, -0.25) is 4.79 Å². The SMILES string of the molecule is COc1cccc(Oc2ccc(CNC(=O)c3ccc(C)nc3N)cc2)c1. The molecule has 6 nitrogen and oxygen atoms in total. The van der Waals surface area contributed by atoms with Gasteiger partial charge in [-0.05, 0) is 48.9 Å². The van der Waals surface area contributed by atoms with Crippen LogP contribution >= 0.6 is 0 Å². The lowest BCUT2D eigenvalue weighted by atomic mass is 10.2. The van der Waals surface area contributed by atoms with Crippen LogP contribution < -0.4 is 20.5 Å². The van der Waals surface area contributed by atoms with E-state index in [0.717, 1.165) is 17.0 Å². The van der Waals surface area contributed by atoms with E-state index in [2.05, 4.69) is 10.3 Å². The number of aromatic nitrogens is 1. The van der Waals surface area contributed by atoms with Gasteiger partial charge in [0.05, 0.1) is 12.7 Å². The van der Waals surface area contributed by atoms with E-state index in [1.54, 1.807) is 19.2 Å². The largest absolute Gasteiger partial charge is 0.497 e. The molecule has 27 heavy (non-hydrogen) atoms. The average Bonchev–Trinajstić information content (AvgIpc) is 2.67. The molecule has 0 aliphatic rings. The quantitative estimate of drug-likeness (QED) is 0.697. The second-order valence-corrected chi connectivity index (χ2v) is 5.99. The molecule has 138 valence electrons. The zero-order chi connectivity index (χ0) is 19.2. The fourth-order valence-corrected chi connectivity index (χ4v) is 2.52. The number of benzene rings is 2. The van der Waals surface area contributed by atoms with Crippen molar-refractivity contribution in [2.24, 2.45) is 0 Å². The monoisotopic (exact) mass is 363 g/mol. The van der Waals surface area contributed by atoms with Gasteiger partial charge in [0, 0.05) is 18.3 Å². The summed E-state index contributed by atoms with van der Waals surface area (Å²) in [5.74, 6) is 2.10. The first kappa shape index (κ1) is 18.3. The first-order valence-electron chi connectivity index (χ1n) is 8.47. The van der Waals surface area contributed by atoms with Gasteiger partial charge in [0.15, 0.2) is 0 Å². The lowest BCUT2D eigenvalue weighted by molar-refractivity contribution is 0.0951. The van der Waals surface area contributed by atoms with E-state index in [1.165, 1.54) is 0 Å². The molecular weight excluding hydrogens is 342 g/mol. The van der Waals surface area contributed by atoms with E-state index < -0.39 is 0 Å². The molecule has 3 N–H and O–H groups in total. The van der Waals surface area contributed by atoms with Gasteiger partial charge in [0.25, 0.3) is 5.91 Å². The maximum absolute atomic E-state index is 12.3. The van der Waals surface area contributed by atoms with Crippen molar-refractivity contribution in [2.45, 2.75) is 13.5 Å². The fraction of sp³-hybridized carbons (Fsp3) is 0.143. The highest BCUT2D eigenvalue weighted by Gasteiger charge is 2.10. The Morgan fingerprint density at radius 2 is 1.78 bits per heavy atom. The molecular formula is C21H21N3O3. The molecule has 3 rings (SSSR count). The summed E-state index contributed by atoms with van der Waals surface area (Å²) in [7, 11) is 1.61. The number of pyridine rings is 1. The standard InChI is InChI=1S/C21H21N3O3/c1-14-6-11-19(20(22)24-14)21(25)23-13-15-7-9-16(10-8-15)27-18-5-3-4-17(12-18)26-2/h3-12H,13H2,1-2H3,(H2,22,24)(H,23,25). The van der Waals surface area contributed by atoms with Crippen LogP contribution in [0.15, 0.2) is 60.7 Å². The maximum Gasteiger partial charge on any atom is 0.255 e. The molecule has 0 saturated carbocycles. The Bertz CT molecular complexity index is 940. The molecule has 0 fully saturated rings. The molecule has 0 aliphatic carbocycles. The van der Waals surface area contributed by atoms with E-state index in [0.29, 0.717) is 23.6 Å². The summed E-state index contributed by atoms with van der Waals surface area (Å²) in [4.78, 5) is 16.4. The number of nitrogens with one attached hydrogen (secondary N) is 1. The highest BCUT2D eigenvalue weighted by molar-refractivity contribution is 5.98. The molecule has 6 heteroatoms. The zero-order valence-electron chi connectivity index (χ0n) is 15.2. The summed E-state index contributed by atoms with van der Waals surface area (Å²) < 4.78 is 11.0. The number of aryl methyl sites for hydroxylation is 1. The molecule has 2 aromatic carbocycles. The molecule has 0 spiro atoms. The van der Waals surface area contributed by atoms with Gasteiger partial charge in [-0.2, -0.15) is 0 Å². The first-order valence-corrected chi connectivity index (χ1v) is 8.47. The predicted molar refractivity (Wildman–Crippen MR) is 104 cm³/mol. The van der Waals surface area contributed by atoms with Gasteiger partial charge in [-0.1, -0.05) is 18.2 Å². The molecule has 1 heterocycles. The Kier molecular flexibility index (Phi) is 5.56. The molecule has 3 aromatic rings. The van der Waals surface area contributed by atoms with Gasteiger partial charge in [-0.15, -0.1) is 0 Å². The minimum atomic E-state index is -0.253. The minimum Gasteiger partial charge on any atom is -0.497 e. The zero-order valence-corrected chi connectivity index (χ0v) is 15.2. The van der Waals surface area contributed by atoms with Gasteiger partial charge >= 0.3 is 0 Å². The van der Waals surface area contributed by atoms with Gasteiger partial charge in [0.1, 0.15) is 23.1 Å². The summed E-state index contributed by atoms with van der Waals surface area (Å²) in [6.45, 7) is 2.21. The highest BCUT2D eigenvalue weighted by Crippen LogP contribution is 2.25. The maximum atomic E-state index is 12.3. The van der Waals surface area contributed by atoms with E-state index in [4.69, 9.17) is 15.2 Å². The third-order valence-corrected chi connectivity index (χ3v) is 3.96. The number of amides is 1. The van der Waals surface area contributed by atoms with Gasteiger partial charge in [0.2, 0.25) is 0 Å². The number of nitrogen functional groups attached to an aromatic ring is 1. The summed E-state index contributed by atoms with van der Waals surface area (Å²) in [5, 5.41) is 2.84. The molecule has 0 saturated heterocycles. The molecule has 0 bridgehead atoms. The van der Waals surface area contributed by atoms with Crippen molar-refractivity contribution in [1.29, 1.82) is 0 Å². The van der Waals surface area contributed by atoms with Crippen LogP contribution in [0.5, 0.6) is 17.2 Å². The van der Waals surface area contributed by atoms with Crippen LogP contribution in [0.1, 0.15) is 21.6 Å². The number of nitrogens with two attached hydrogens (primary N) is 1. The van der Waals surface area contributed by atoms with E-state index in [-0.39, 0.29) is 11.7 Å². The topological polar surface area (TPSA) is 86.5 Å². The van der Waals surface area contributed by atoms with E-state index in [1.807, 2.05) is 55.5 Å². The first-order chi connectivity index (χ1) is 13.0. The fourth-order valence-electron chi connectivity index (χ4n) is 2.52. The van der Waals surface area contributed by atoms with Crippen molar-refractivity contribution in [3.05, 3.63) is 77.5 Å². The van der Waals surface area contributed by atoms with Crippen molar-refractivity contribution in [2.75, 3.05) is 12.8 Å². The number of carbonyl (C=O) groups is 1. The van der Waals surface area contributed by atoms with Crippen molar-refractivity contribution < 1.29 is 14.3 Å². The van der Waals surface area contributed by atoms with Crippen LogP contribution in [0.3, 0.4) is 0 Å². The van der Waals surface area contributed by atoms with Crippen molar-refractivity contribution in [1.82, 2.24) is 10.3 Å². The van der Waals surface area contributed by atoms with Gasteiger partial charge in [-0.25, -0.2) is 4.98 Å². The Morgan fingerprint density at radius 1 is 1.04 bits per heavy atom. The Labute approximate surface area is 158 Å². The Hall–Kier alpha value is -3.54. The number of methoxy groups -OCH3 is 1. The van der Waals surface area contributed by atoms with Crippen LogP contribution in [0.25, 0.3) is 0 Å². The number of anilines is 1. The van der Waals surface area contributed by atoms with Crippen LogP contribution in [0, 0.1) is 6.92 Å². The van der Waals surface area contributed by atoms with Crippen LogP contribution in [-0.4, -0.2) is 18.0 Å². The number of carbonyl (C=O) groups excluding carboxylic acids is 1. The Morgan fingerprint density at radius 3 is 2.48 bits per heavy atom. The van der Waals surface area contributed by atoms with Crippen LogP contribution in [-0.2, 0) is 6.54 Å². The van der Waals surface area contributed by atoms with Crippen molar-refractivity contribution in [3.63, 3.8) is 0 Å². The van der Waals surface area contributed by atoms with Crippen LogP contribution in [0.2, 0.25) is 0 Å². The third kappa shape index (κ3) is 4.76. The third-order valence-electron chi connectivity index (χ3n) is 3.96. The summed E-state index contributed by atoms with van der Waals surface area (Å²) >= 11 is 0. The Balaban J connectivity index is 1.59. The highest BCUT2D eigenvalue weighted by atomic mass is 16.5. The van der Waals surface area contributed by atoms with E-state index in [9.17, 15) is 4.79 Å². The number of nitrogens with zero attached hydrogens (tertiary/aromatic N) is 1. The lowest BCUT2D eigenvalue weighted by Crippen LogP contribution is -2.24. The average molecular weight is 363 g/mol. The lowest BCUT2D eigenvalue weighted by Gasteiger charge is -2.10. The molecule has 0 aliphatic heterocycles. The van der Waals surface area contributed by atoms with Crippen molar-refractivity contribution in [3.8, 4) is 17.2 Å². The molecule has 0 unspecified atom stereocenters. The minimum absolute atomic E-state index is 0.231. The second kappa shape index (κ2) is 8.23. The number of hydrogen-bond acceptors (Lipinski definition) is 5. The molecule has 0 atom stereocenters. The number of hydrogen-bond donors (Lipinski definition) is 2. The predicted octanol–water partition coefficient (Wildman–Crippen LogP) is 3.70. The summed E-state index contributed by atoms with van der Waals surface area (Å²) in [6, 6.07) is 18.3. The summed E-state index contributed by atoms with van der Waals surface area (Å²) in [6.07, 6.45) is 0. The summed E-state index contributed by atoms with van der Waals surface area (Å²) in [5.41, 5.74) is 7.90.